The van der Waals surface area contributed by atoms with Gasteiger partial charge in [0.25, 0.3) is 0 Å². The third kappa shape index (κ3) is 4.78. The maximum absolute atomic E-state index is 11.6. The number of hydrogen-bond acceptors (Lipinski definition) is 6. The fourth-order valence-corrected chi connectivity index (χ4v) is 2.17. The molecule has 2 atom stereocenters. The van der Waals surface area contributed by atoms with E-state index < -0.39 is 12.2 Å². The number of benzene rings is 1. The Balaban J connectivity index is 2.80. The number of carbonyl (C=O) groups excluding carboxylic acids is 2. The number of hydrogen-bond donors (Lipinski definition) is 2. The standard InChI is InChI=1S/C14H15NO4S/c1-9(16)20-8-13(18)14(19)11-4-2-3-10(7-11)12(17)5-6-15/h2-4,7,13-14,18-19H,5,8H2,1H3. The van der Waals surface area contributed by atoms with Crippen LogP contribution in [-0.2, 0) is 4.79 Å². The summed E-state index contributed by atoms with van der Waals surface area (Å²) in [7, 11) is 0. The normalized spacial score (nSPS) is 13.3. The lowest BCUT2D eigenvalue weighted by Gasteiger charge is -2.17. The molecule has 0 aliphatic rings. The Bertz CT molecular complexity index is 538. The van der Waals surface area contributed by atoms with Crippen molar-refractivity contribution in [3.8, 4) is 6.07 Å². The molecule has 2 unspecified atom stereocenters. The van der Waals surface area contributed by atoms with Gasteiger partial charge < -0.3 is 10.2 Å². The van der Waals surface area contributed by atoms with Gasteiger partial charge in [-0.2, -0.15) is 5.26 Å². The van der Waals surface area contributed by atoms with Crippen molar-refractivity contribution >= 4 is 22.7 Å². The van der Waals surface area contributed by atoms with Crippen molar-refractivity contribution in [3.05, 3.63) is 35.4 Å². The Morgan fingerprint density at radius 2 is 2.10 bits per heavy atom. The lowest BCUT2D eigenvalue weighted by Crippen LogP contribution is -2.21. The van der Waals surface area contributed by atoms with E-state index in [1.54, 1.807) is 24.3 Å². The van der Waals surface area contributed by atoms with Gasteiger partial charge in [0.15, 0.2) is 10.9 Å². The first-order valence-electron chi connectivity index (χ1n) is 5.95. The fourth-order valence-electron chi connectivity index (χ4n) is 1.59. The second-order valence-electron chi connectivity index (χ2n) is 4.20. The topological polar surface area (TPSA) is 98.4 Å². The molecule has 2 N–H and O–H groups in total. The van der Waals surface area contributed by atoms with Crippen LogP contribution in [-0.4, -0.2) is 33.0 Å². The van der Waals surface area contributed by atoms with Crippen LogP contribution in [0.2, 0.25) is 0 Å². The molecule has 0 heterocycles. The van der Waals surface area contributed by atoms with Gasteiger partial charge in [-0.05, 0) is 11.6 Å². The fraction of sp³-hybridized carbons (Fsp3) is 0.357. The summed E-state index contributed by atoms with van der Waals surface area (Å²) in [6.07, 6.45) is -2.52. The third-order valence-corrected chi connectivity index (χ3v) is 3.53. The molecule has 0 aliphatic carbocycles. The minimum absolute atomic E-state index is 0.0763. The van der Waals surface area contributed by atoms with Gasteiger partial charge in [-0.15, -0.1) is 0 Å². The molecule has 0 fully saturated rings. The molecular formula is C14H15NO4S. The van der Waals surface area contributed by atoms with E-state index in [9.17, 15) is 19.8 Å². The van der Waals surface area contributed by atoms with Gasteiger partial charge in [0.1, 0.15) is 6.10 Å². The Morgan fingerprint density at radius 3 is 2.70 bits per heavy atom. The number of ketones is 1. The van der Waals surface area contributed by atoms with Gasteiger partial charge in [-0.1, -0.05) is 30.0 Å². The summed E-state index contributed by atoms with van der Waals surface area (Å²) >= 11 is 0.922. The molecule has 0 radical (unpaired) electrons. The molecule has 0 aliphatic heterocycles. The average molecular weight is 293 g/mol. The SMILES string of the molecule is CC(=O)SCC(O)C(O)c1cccc(C(=O)CC#N)c1. The first-order valence-corrected chi connectivity index (χ1v) is 6.94. The number of carbonyl (C=O) groups is 2. The molecule has 0 saturated heterocycles. The summed E-state index contributed by atoms with van der Waals surface area (Å²) in [5, 5.41) is 28.1. The van der Waals surface area contributed by atoms with Crippen molar-refractivity contribution in [2.75, 3.05) is 5.75 Å². The summed E-state index contributed by atoms with van der Waals surface area (Å²) in [6, 6.07) is 7.92. The Labute approximate surface area is 121 Å². The minimum Gasteiger partial charge on any atom is -0.389 e. The van der Waals surface area contributed by atoms with E-state index >= 15 is 0 Å². The molecule has 0 bridgehead atoms. The first-order chi connectivity index (χ1) is 9.45. The lowest BCUT2D eigenvalue weighted by atomic mass is 10.00. The highest BCUT2D eigenvalue weighted by atomic mass is 32.2. The zero-order valence-electron chi connectivity index (χ0n) is 10.9. The number of rotatable bonds is 6. The van der Waals surface area contributed by atoms with Crippen LogP contribution < -0.4 is 0 Å². The van der Waals surface area contributed by atoms with Crippen molar-refractivity contribution in [1.82, 2.24) is 0 Å². The summed E-state index contributed by atoms with van der Waals surface area (Å²) in [5.74, 6) is -0.262. The number of nitrogens with zero attached hydrogens (tertiary/aromatic N) is 1. The Kier molecular flexibility index (Phi) is 6.39. The van der Waals surface area contributed by atoms with E-state index in [0.717, 1.165) is 11.8 Å². The summed E-state index contributed by atoms with van der Waals surface area (Å²) in [4.78, 5) is 22.4. The van der Waals surface area contributed by atoms with E-state index in [0.29, 0.717) is 11.1 Å². The second-order valence-corrected chi connectivity index (χ2v) is 5.40. The molecule has 1 aromatic rings. The number of nitriles is 1. The van der Waals surface area contributed by atoms with Crippen molar-refractivity contribution in [3.63, 3.8) is 0 Å². The average Bonchev–Trinajstić information content (AvgIpc) is 2.44. The van der Waals surface area contributed by atoms with Gasteiger partial charge in [0.05, 0.1) is 18.6 Å². The molecule has 106 valence electrons. The number of aliphatic hydroxyl groups is 2. The van der Waals surface area contributed by atoms with Gasteiger partial charge in [-0.3, -0.25) is 9.59 Å². The van der Waals surface area contributed by atoms with Crippen molar-refractivity contribution in [1.29, 1.82) is 5.26 Å². The van der Waals surface area contributed by atoms with E-state index in [1.165, 1.54) is 13.0 Å². The maximum Gasteiger partial charge on any atom is 0.185 e. The summed E-state index contributed by atoms with van der Waals surface area (Å²) in [6.45, 7) is 1.38. The smallest absolute Gasteiger partial charge is 0.185 e. The number of thioether (sulfide) groups is 1. The van der Waals surface area contributed by atoms with Gasteiger partial charge >= 0.3 is 0 Å². The van der Waals surface area contributed by atoms with Crippen LogP contribution in [0.5, 0.6) is 0 Å². The minimum atomic E-state index is -1.18. The highest BCUT2D eigenvalue weighted by Crippen LogP contribution is 2.21. The molecule has 20 heavy (non-hydrogen) atoms. The predicted octanol–water partition coefficient (Wildman–Crippen LogP) is 1.46. The van der Waals surface area contributed by atoms with Crippen LogP contribution in [0, 0.1) is 11.3 Å². The van der Waals surface area contributed by atoms with Crippen molar-refractivity contribution in [2.45, 2.75) is 25.6 Å². The zero-order valence-corrected chi connectivity index (χ0v) is 11.8. The van der Waals surface area contributed by atoms with E-state index in [-0.39, 0.29) is 23.1 Å². The Morgan fingerprint density at radius 1 is 1.40 bits per heavy atom. The van der Waals surface area contributed by atoms with Crippen LogP contribution in [0.25, 0.3) is 0 Å². The molecule has 0 amide bonds. The van der Waals surface area contributed by atoms with E-state index in [4.69, 9.17) is 5.26 Å². The van der Waals surface area contributed by atoms with Gasteiger partial charge in [0, 0.05) is 18.2 Å². The third-order valence-electron chi connectivity index (χ3n) is 2.61. The van der Waals surface area contributed by atoms with Gasteiger partial charge in [0.2, 0.25) is 0 Å². The van der Waals surface area contributed by atoms with Crippen LogP contribution in [0.15, 0.2) is 24.3 Å². The highest BCUT2D eigenvalue weighted by molar-refractivity contribution is 8.13. The maximum atomic E-state index is 11.6. The summed E-state index contributed by atoms with van der Waals surface area (Å²) in [5.41, 5.74) is 0.694. The molecule has 5 nitrogen and oxygen atoms in total. The first kappa shape index (κ1) is 16.4. The van der Waals surface area contributed by atoms with E-state index in [2.05, 4.69) is 0 Å². The quantitative estimate of drug-likeness (QED) is 0.770. The van der Waals surface area contributed by atoms with Crippen LogP contribution in [0.1, 0.15) is 35.4 Å². The molecule has 6 heteroatoms. The molecule has 1 rings (SSSR count). The van der Waals surface area contributed by atoms with Crippen LogP contribution in [0.3, 0.4) is 0 Å². The second kappa shape index (κ2) is 7.80. The monoisotopic (exact) mass is 293 g/mol. The predicted molar refractivity (Wildman–Crippen MR) is 75.1 cm³/mol. The molecular weight excluding hydrogens is 278 g/mol. The van der Waals surface area contributed by atoms with E-state index in [1.807, 2.05) is 0 Å². The Hall–Kier alpha value is -1.68. The number of aliphatic hydroxyl groups excluding tert-OH is 2. The van der Waals surface area contributed by atoms with Crippen LogP contribution >= 0.6 is 11.8 Å². The van der Waals surface area contributed by atoms with Gasteiger partial charge in [-0.25, -0.2) is 0 Å². The molecule has 1 aromatic carbocycles. The highest BCUT2D eigenvalue weighted by Gasteiger charge is 2.20. The molecule has 0 aromatic heterocycles. The largest absolute Gasteiger partial charge is 0.389 e. The lowest BCUT2D eigenvalue weighted by molar-refractivity contribution is -0.109. The zero-order chi connectivity index (χ0) is 15.1. The van der Waals surface area contributed by atoms with Crippen molar-refractivity contribution in [2.24, 2.45) is 0 Å². The molecule has 0 spiro atoms. The summed E-state index contributed by atoms with van der Waals surface area (Å²) < 4.78 is 0. The van der Waals surface area contributed by atoms with Crippen molar-refractivity contribution < 1.29 is 19.8 Å². The molecule has 0 saturated carbocycles. The number of Topliss-reactive ketones (excluding diaryl/α,β-unsaturated/α-hetero) is 1. The van der Waals surface area contributed by atoms with Crippen LogP contribution in [0.4, 0.5) is 0 Å².